The molecular formula is C21H27N7O. The van der Waals surface area contributed by atoms with E-state index in [4.69, 9.17) is 0 Å². The lowest BCUT2D eigenvalue weighted by molar-refractivity contribution is 0.252. The molecule has 8 nitrogen and oxygen atoms in total. The average Bonchev–Trinajstić information content (AvgIpc) is 3.22. The van der Waals surface area contributed by atoms with E-state index in [1.807, 2.05) is 13.0 Å². The molecule has 1 fully saturated rings. The number of aromatic hydroxyl groups is 1. The minimum atomic E-state index is 0.153. The zero-order valence-corrected chi connectivity index (χ0v) is 17.3. The molecule has 1 saturated heterocycles. The van der Waals surface area contributed by atoms with Crippen LogP contribution in [0.1, 0.15) is 26.3 Å². The van der Waals surface area contributed by atoms with Crippen molar-refractivity contribution in [2.75, 3.05) is 24.5 Å². The number of hydrogen-bond donors (Lipinski definition) is 3. The number of hydrogen-bond acceptors (Lipinski definition) is 7. The van der Waals surface area contributed by atoms with Crippen LogP contribution in [0.15, 0.2) is 30.7 Å². The SMILES string of the molecule is Cc1cc(-c2cn[nH]c2)cc(O)c1-c1cnc(N2CCN[C@@H](C(C)(C)C)C2)nn1. The Bertz CT molecular complexity index is 954. The Morgan fingerprint density at radius 2 is 1.97 bits per heavy atom. The molecule has 3 N–H and O–H groups in total. The highest BCUT2D eigenvalue weighted by Crippen LogP contribution is 2.35. The van der Waals surface area contributed by atoms with E-state index in [1.54, 1.807) is 24.7 Å². The lowest BCUT2D eigenvalue weighted by atomic mass is 9.85. The van der Waals surface area contributed by atoms with E-state index in [1.165, 1.54) is 0 Å². The van der Waals surface area contributed by atoms with E-state index < -0.39 is 0 Å². The third-order valence-electron chi connectivity index (χ3n) is 5.46. The largest absolute Gasteiger partial charge is 0.507 e. The molecule has 3 heterocycles. The van der Waals surface area contributed by atoms with Gasteiger partial charge < -0.3 is 15.3 Å². The summed E-state index contributed by atoms with van der Waals surface area (Å²) in [6.07, 6.45) is 5.21. The predicted octanol–water partition coefficient (Wildman–Crippen LogP) is 2.77. The van der Waals surface area contributed by atoms with Gasteiger partial charge in [-0.3, -0.25) is 5.10 Å². The number of aromatic amines is 1. The molecule has 0 saturated carbocycles. The number of nitrogens with one attached hydrogen (secondary N) is 2. The lowest BCUT2D eigenvalue weighted by Gasteiger charge is -2.40. The van der Waals surface area contributed by atoms with Crippen LogP contribution >= 0.6 is 0 Å². The number of nitrogens with zero attached hydrogens (tertiary/aromatic N) is 5. The number of piperazine rings is 1. The van der Waals surface area contributed by atoms with Crippen LogP contribution in [0.3, 0.4) is 0 Å². The molecule has 8 heteroatoms. The molecule has 152 valence electrons. The molecule has 0 aliphatic carbocycles. The summed E-state index contributed by atoms with van der Waals surface area (Å²) in [4.78, 5) is 6.71. The van der Waals surface area contributed by atoms with Crippen LogP contribution in [0.5, 0.6) is 5.75 Å². The average molecular weight is 393 g/mol. The maximum absolute atomic E-state index is 10.6. The molecule has 0 amide bonds. The molecule has 1 atom stereocenters. The Balaban J connectivity index is 1.58. The third-order valence-corrected chi connectivity index (χ3v) is 5.46. The highest BCUT2D eigenvalue weighted by atomic mass is 16.3. The van der Waals surface area contributed by atoms with Crippen molar-refractivity contribution < 1.29 is 5.11 Å². The lowest BCUT2D eigenvalue weighted by Crippen LogP contribution is -2.56. The molecular weight excluding hydrogens is 366 g/mol. The summed E-state index contributed by atoms with van der Waals surface area (Å²) in [5.74, 6) is 0.775. The van der Waals surface area contributed by atoms with Gasteiger partial charge in [-0.2, -0.15) is 5.10 Å². The van der Waals surface area contributed by atoms with E-state index in [2.05, 4.69) is 56.4 Å². The molecule has 0 spiro atoms. The monoisotopic (exact) mass is 393 g/mol. The van der Waals surface area contributed by atoms with Gasteiger partial charge in [-0.1, -0.05) is 26.8 Å². The van der Waals surface area contributed by atoms with Gasteiger partial charge in [0.2, 0.25) is 5.95 Å². The van der Waals surface area contributed by atoms with E-state index in [-0.39, 0.29) is 11.2 Å². The van der Waals surface area contributed by atoms with Crippen LogP contribution in [0.4, 0.5) is 5.95 Å². The first kappa shape index (κ1) is 19.3. The van der Waals surface area contributed by atoms with Gasteiger partial charge in [-0.05, 0) is 29.5 Å². The van der Waals surface area contributed by atoms with Crippen LogP contribution in [0.25, 0.3) is 22.4 Å². The second-order valence-electron chi connectivity index (χ2n) is 8.64. The van der Waals surface area contributed by atoms with Gasteiger partial charge in [0, 0.05) is 43.0 Å². The van der Waals surface area contributed by atoms with Crippen molar-refractivity contribution in [3.63, 3.8) is 0 Å². The Kier molecular flexibility index (Phi) is 4.96. The summed E-state index contributed by atoms with van der Waals surface area (Å²) in [7, 11) is 0. The summed E-state index contributed by atoms with van der Waals surface area (Å²) in [5.41, 5.74) is 4.08. The molecule has 0 unspecified atom stereocenters. The molecule has 1 aliphatic heterocycles. The van der Waals surface area contributed by atoms with Crippen LogP contribution in [-0.4, -0.2) is 56.2 Å². The van der Waals surface area contributed by atoms with Crippen molar-refractivity contribution >= 4 is 5.95 Å². The summed E-state index contributed by atoms with van der Waals surface area (Å²) < 4.78 is 0. The zero-order valence-electron chi connectivity index (χ0n) is 17.3. The Morgan fingerprint density at radius 1 is 1.14 bits per heavy atom. The maximum atomic E-state index is 10.6. The van der Waals surface area contributed by atoms with Gasteiger partial charge in [0.05, 0.1) is 12.4 Å². The van der Waals surface area contributed by atoms with Crippen molar-refractivity contribution in [3.05, 3.63) is 36.3 Å². The fourth-order valence-corrected chi connectivity index (χ4v) is 3.72. The number of aryl methyl sites for hydroxylation is 1. The van der Waals surface area contributed by atoms with E-state index >= 15 is 0 Å². The van der Waals surface area contributed by atoms with Crippen molar-refractivity contribution in [2.45, 2.75) is 33.7 Å². The second kappa shape index (κ2) is 7.44. The second-order valence-corrected chi connectivity index (χ2v) is 8.64. The molecule has 0 bridgehead atoms. The fraction of sp³-hybridized carbons (Fsp3) is 0.429. The Labute approximate surface area is 170 Å². The van der Waals surface area contributed by atoms with Gasteiger partial charge in [-0.25, -0.2) is 4.98 Å². The minimum Gasteiger partial charge on any atom is -0.507 e. The first-order chi connectivity index (χ1) is 13.8. The molecule has 1 aliphatic rings. The van der Waals surface area contributed by atoms with Crippen LogP contribution < -0.4 is 10.2 Å². The van der Waals surface area contributed by atoms with Crippen molar-refractivity contribution in [3.8, 4) is 28.1 Å². The highest BCUT2D eigenvalue weighted by Gasteiger charge is 2.30. The molecule has 0 radical (unpaired) electrons. The number of phenols is 1. The number of H-pyrrole nitrogens is 1. The van der Waals surface area contributed by atoms with Gasteiger partial charge in [0.1, 0.15) is 11.4 Å². The van der Waals surface area contributed by atoms with Gasteiger partial charge in [-0.15, -0.1) is 10.2 Å². The van der Waals surface area contributed by atoms with Gasteiger partial charge in [0.15, 0.2) is 0 Å². The number of benzene rings is 1. The predicted molar refractivity (Wildman–Crippen MR) is 113 cm³/mol. The molecule has 4 rings (SSSR count). The highest BCUT2D eigenvalue weighted by molar-refractivity contribution is 5.76. The Hall–Kier alpha value is -3.00. The number of anilines is 1. The number of phenolic OH excluding ortho intramolecular Hbond substituents is 1. The summed E-state index contributed by atoms with van der Waals surface area (Å²) >= 11 is 0. The minimum absolute atomic E-state index is 0.153. The first-order valence-electron chi connectivity index (χ1n) is 9.84. The fourth-order valence-electron chi connectivity index (χ4n) is 3.72. The normalized spacial score (nSPS) is 17.5. The molecule has 1 aromatic carbocycles. The van der Waals surface area contributed by atoms with E-state index in [0.717, 1.165) is 36.3 Å². The zero-order chi connectivity index (χ0) is 20.6. The van der Waals surface area contributed by atoms with Crippen LogP contribution in [-0.2, 0) is 0 Å². The number of rotatable bonds is 3. The smallest absolute Gasteiger partial charge is 0.245 e. The summed E-state index contributed by atoms with van der Waals surface area (Å²) in [5, 5.41) is 29.7. The first-order valence-corrected chi connectivity index (χ1v) is 9.84. The van der Waals surface area contributed by atoms with Gasteiger partial charge >= 0.3 is 0 Å². The molecule has 29 heavy (non-hydrogen) atoms. The standard InChI is InChI=1S/C21H27N7O/c1-13-7-14(15-9-24-25-10-15)8-17(29)19(13)16-11-23-20(27-26-16)28-6-5-22-18(12-28)21(2,3)4/h7-11,18,22,29H,5-6,12H2,1-4H3,(H,24,25)/t18-/m1/s1. The van der Waals surface area contributed by atoms with Crippen LogP contribution in [0, 0.1) is 12.3 Å². The van der Waals surface area contributed by atoms with Crippen molar-refractivity contribution in [2.24, 2.45) is 5.41 Å². The Morgan fingerprint density at radius 3 is 2.59 bits per heavy atom. The quantitative estimate of drug-likeness (QED) is 0.629. The van der Waals surface area contributed by atoms with Crippen LogP contribution in [0.2, 0.25) is 0 Å². The number of aromatic nitrogens is 5. The molecule has 3 aromatic rings. The molecule has 2 aromatic heterocycles. The van der Waals surface area contributed by atoms with E-state index in [0.29, 0.717) is 23.2 Å². The van der Waals surface area contributed by atoms with E-state index in [9.17, 15) is 5.11 Å². The summed E-state index contributed by atoms with van der Waals surface area (Å²) in [6, 6.07) is 4.08. The van der Waals surface area contributed by atoms with Crippen molar-refractivity contribution in [1.82, 2.24) is 30.7 Å². The van der Waals surface area contributed by atoms with Crippen molar-refractivity contribution in [1.29, 1.82) is 0 Å². The summed E-state index contributed by atoms with van der Waals surface area (Å²) in [6.45, 7) is 11.2. The third kappa shape index (κ3) is 3.93. The van der Waals surface area contributed by atoms with Gasteiger partial charge in [0.25, 0.3) is 0 Å². The topological polar surface area (TPSA) is 103 Å². The maximum Gasteiger partial charge on any atom is 0.245 e.